The van der Waals surface area contributed by atoms with Crippen molar-refractivity contribution in [3.8, 4) is 5.75 Å². The first-order valence-corrected chi connectivity index (χ1v) is 7.66. The molecule has 120 valence electrons. The van der Waals surface area contributed by atoms with Crippen molar-refractivity contribution >= 4 is 0 Å². The number of aliphatic hydroxyl groups is 1. The molecule has 0 radical (unpaired) electrons. The molecule has 1 rings (SSSR count). The average molecular weight is 300 g/mol. The molecule has 0 bridgehead atoms. The Labute approximate surface area is 129 Å². The van der Waals surface area contributed by atoms with Crippen molar-refractivity contribution < 1.29 is 14.6 Å². The Balaban J connectivity index is 2.53. The van der Waals surface area contributed by atoms with Gasteiger partial charge in [-0.05, 0) is 34.9 Å². The maximum absolute atomic E-state index is 8.60. The average Bonchev–Trinajstić information content (AvgIpc) is 2.36. The molecule has 0 amide bonds. The second-order valence-electron chi connectivity index (χ2n) is 7.33. The predicted molar refractivity (Wildman–Crippen MR) is 86.9 cm³/mol. The van der Waals surface area contributed by atoms with Crippen molar-refractivity contribution in [3.63, 3.8) is 0 Å². The van der Waals surface area contributed by atoms with Crippen LogP contribution in [0.25, 0.3) is 0 Å². The first-order chi connectivity index (χ1) is 9.74. The van der Waals surface area contributed by atoms with Gasteiger partial charge in [-0.15, -0.1) is 0 Å². The number of rotatable bonds is 8. The van der Waals surface area contributed by atoms with Gasteiger partial charge in [-0.1, -0.05) is 46.8 Å². The van der Waals surface area contributed by atoms with Crippen LogP contribution in [0.4, 0.5) is 0 Å². The molecule has 0 heterocycles. The highest BCUT2D eigenvalue weighted by molar-refractivity contribution is 5.31. The minimum Gasteiger partial charge on any atom is -0.491 e. The third-order valence-electron chi connectivity index (χ3n) is 3.34. The molecule has 0 saturated carbocycles. The summed E-state index contributed by atoms with van der Waals surface area (Å²) in [6.45, 7) is 12.8. The van der Waals surface area contributed by atoms with E-state index in [1.165, 1.54) is 5.56 Å². The van der Waals surface area contributed by atoms with E-state index in [2.05, 4.69) is 46.8 Å². The zero-order valence-electron chi connectivity index (χ0n) is 14.1. The van der Waals surface area contributed by atoms with Crippen LogP contribution in [0.1, 0.15) is 46.6 Å². The van der Waals surface area contributed by atoms with Gasteiger partial charge in [-0.2, -0.15) is 0 Å². The first kappa shape index (κ1) is 18.0. The second-order valence-corrected chi connectivity index (χ2v) is 7.33. The SMILES string of the molecule is CC(C)(C)CC(C)(C)[13c]1[13cH][13cH][13c](OCCOCCO)[13cH][13cH]1. The summed E-state index contributed by atoms with van der Waals surface area (Å²) in [6.07, 6.45) is 1.13. The summed E-state index contributed by atoms with van der Waals surface area (Å²) in [6, 6.07) is 8.34. The van der Waals surface area contributed by atoms with E-state index in [1.807, 2.05) is 12.1 Å². The van der Waals surface area contributed by atoms with Crippen LogP contribution in [0.15, 0.2) is 24.3 Å². The van der Waals surface area contributed by atoms with Gasteiger partial charge in [0, 0.05) is 0 Å². The van der Waals surface area contributed by atoms with E-state index in [1.54, 1.807) is 0 Å². The molecule has 0 atom stereocenters. The Hall–Kier alpha value is -1.06. The van der Waals surface area contributed by atoms with Crippen molar-refractivity contribution in [2.45, 2.75) is 46.5 Å². The highest BCUT2D eigenvalue weighted by Gasteiger charge is 2.27. The Kier molecular flexibility index (Phi) is 6.69. The fraction of sp³-hybridized carbons (Fsp3) is 0.667. The zero-order chi connectivity index (χ0) is 15.9. The van der Waals surface area contributed by atoms with E-state index in [0.717, 1.165) is 12.2 Å². The zero-order valence-corrected chi connectivity index (χ0v) is 14.1. The maximum atomic E-state index is 8.60. The standard InChI is InChI=1S/C18H30O3/c1-17(2,3)14-18(4,5)15-6-8-16(9-7-15)21-13-12-20-11-10-19/h6-9,19H,10-14H2,1-5H3/i6+1,7+1,8+1,9+1,15+1,16+1. The number of ether oxygens (including phenoxy) is 2. The quantitative estimate of drug-likeness (QED) is 0.742. The van der Waals surface area contributed by atoms with Crippen LogP contribution >= 0.6 is 0 Å². The van der Waals surface area contributed by atoms with Gasteiger partial charge < -0.3 is 14.6 Å². The fourth-order valence-corrected chi connectivity index (χ4v) is 2.82. The van der Waals surface area contributed by atoms with Crippen molar-refractivity contribution in [3.05, 3.63) is 29.8 Å². The molecular weight excluding hydrogens is 270 g/mol. The molecule has 0 spiro atoms. The molecule has 21 heavy (non-hydrogen) atoms. The number of hydrogen-bond acceptors (Lipinski definition) is 3. The third kappa shape index (κ3) is 6.96. The van der Waals surface area contributed by atoms with E-state index in [9.17, 15) is 0 Å². The molecule has 0 aliphatic carbocycles. The molecule has 0 aromatic heterocycles. The van der Waals surface area contributed by atoms with Crippen molar-refractivity contribution in [2.75, 3.05) is 26.4 Å². The Morgan fingerprint density at radius 1 is 0.905 bits per heavy atom. The monoisotopic (exact) mass is 300 g/mol. The first-order valence-electron chi connectivity index (χ1n) is 7.66. The third-order valence-corrected chi connectivity index (χ3v) is 3.34. The molecule has 0 fully saturated rings. The minimum atomic E-state index is 0.0531. The van der Waals surface area contributed by atoms with E-state index in [0.29, 0.717) is 25.2 Å². The highest BCUT2D eigenvalue weighted by Crippen LogP contribution is 2.36. The van der Waals surface area contributed by atoms with Gasteiger partial charge in [0.1, 0.15) is 12.4 Å². The lowest BCUT2D eigenvalue weighted by atomic mass is 9.80. The maximum Gasteiger partial charge on any atom is 0.119 e. The van der Waals surface area contributed by atoms with Crippen molar-refractivity contribution in [1.82, 2.24) is 0 Å². The van der Waals surface area contributed by atoms with Gasteiger partial charge in [0.25, 0.3) is 0 Å². The van der Waals surface area contributed by atoms with Crippen LogP contribution in [0, 0.1) is 5.41 Å². The molecule has 0 aliphatic heterocycles. The molecule has 1 aromatic carbocycles. The van der Waals surface area contributed by atoms with Gasteiger partial charge in [-0.25, -0.2) is 0 Å². The van der Waals surface area contributed by atoms with E-state index >= 15 is 0 Å². The Bertz CT molecular complexity index is 401. The van der Waals surface area contributed by atoms with Crippen LogP contribution in [0.3, 0.4) is 0 Å². The summed E-state index contributed by atoms with van der Waals surface area (Å²) in [7, 11) is 0. The summed E-state index contributed by atoms with van der Waals surface area (Å²) in [5, 5.41) is 8.60. The van der Waals surface area contributed by atoms with Crippen molar-refractivity contribution in [2.24, 2.45) is 5.41 Å². The Morgan fingerprint density at radius 2 is 1.52 bits per heavy atom. The number of aliphatic hydroxyl groups excluding tert-OH is 1. The van der Waals surface area contributed by atoms with Crippen LogP contribution in [-0.4, -0.2) is 31.5 Å². The molecule has 1 aromatic rings. The molecule has 0 unspecified atom stereocenters. The fourth-order valence-electron chi connectivity index (χ4n) is 2.82. The van der Waals surface area contributed by atoms with E-state index in [4.69, 9.17) is 14.6 Å². The lowest BCUT2D eigenvalue weighted by molar-refractivity contribution is 0.0705. The summed E-state index contributed by atoms with van der Waals surface area (Å²) in [5.41, 5.74) is 1.80. The van der Waals surface area contributed by atoms with Gasteiger partial charge in [0.15, 0.2) is 0 Å². The molecule has 3 heteroatoms. The Morgan fingerprint density at radius 3 is 2.05 bits per heavy atom. The highest BCUT2D eigenvalue weighted by atomic mass is 16.6. The van der Waals surface area contributed by atoms with E-state index in [-0.39, 0.29) is 12.0 Å². The van der Waals surface area contributed by atoms with Crippen LogP contribution in [0.5, 0.6) is 5.75 Å². The van der Waals surface area contributed by atoms with Crippen LogP contribution < -0.4 is 4.74 Å². The number of hydrogen-bond donors (Lipinski definition) is 1. The van der Waals surface area contributed by atoms with Crippen LogP contribution in [-0.2, 0) is 10.2 Å². The summed E-state index contributed by atoms with van der Waals surface area (Å²) < 4.78 is 10.8. The van der Waals surface area contributed by atoms with Crippen LogP contribution in [0.2, 0.25) is 0 Å². The molecular formula is C18H30O3. The van der Waals surface area contributed by atoms with E-state index < -0.39 is 0 Å². The lowest BCUT2D eigenvalue weighted by Crippen LogP contribution is -2.24. The van der Waals surface area contributed by atoms with Gasteiger partial charge in [0.2, 0.25) is 0 Å². The largest absolute Gasteiger partial charge is 0.491 e. The summed E-state index contributed by atoms with van der Waals surface area (Å²) >= 11 is 0. The molecule has 3 nitrogen and oxygen atoms in total. The van der Waals surface area contributed by atoms with Gasteiger partial charge in [-0.3, -0.25) is 0 Å². The predicted octanol–water partition coefficient (Wildman–Crippen LogP) is 3.79. The van der Waals surface area contributed by atoms with Gasteiger partial charge >= 0.3 is 0 Å². The summed E-state index contributed by atoms with van der Waals surface area (Å²) in [5.74, 6) is 0.859. The molecule has 0 saturated heterocycles. The second kappa shape index (κ2) is 7.81. The normalized spacial score (nSPS) is 12.5. The van der Waals surface area contributed by atoms with Crippen molar-refractivity contribution in [1.29, 1.82) is 0 Å². The molecule has 1 N–H and O–H groups in total. The minimum absolute atomic E-state index is 0.0531. The number of benzene rings is 1. The lowest BCUT2D eigenvalue weighted by Gasteiger charge is -2.33. The van der Waals surface area contributed by atoms with Gasteiger partial charge in [0.05, 0.1) is 19.8 Å². The smallest absolute Gasteiger partial charge is 0.119 e. The topological polar surface area (TPSA) is 38.7 Å². The summed E-state index contributed by atoms with van der Waals surface area (Å²) in [4.78, 5) is 0. The molecule has 0 aliphatic rings.